The Morgan fingerprint density at radius 3 is 2.85 bits per heavy atom. The highest BCUT2D eigenvalue weighted by atomic mass is 16.5. The predicted octanol–water partition coefficient (Wildman–Crippen LogP) is 3.39. The van der Waals surface area contributed by atoms with E-state index in [-0.39, 0.29) is 29.8 Å². The van der Waals surface area contributed by atoms with E-state index in [1.807, 2.05) is 24.1 Å². The number of phenolic OH excluding ortho intramolecular Hbond substituents is 1. The van der Waals surface area contributed by atoms with Crippen molar-refractivity contribution in [3.05, 3.63) is 35.4 Å². The first-order chi connectivity index (χ1) is 16.3. The summed E-state index contributed by atoms with van der Waals surface area (Å²) in [6, 6.07) is 3.68. The molecular weight excluding hydrogens is 428 g/mol. The summed E-state index contributed by atoms with van der Waals surface area (Å²) in [7, 11) is 1.87. The second-order valence-corrected chi connectivity index (χ2v) is 11.6. The quantitative estimate of drug-likeness (QED) is 0.629. The first-order valence-corrected chi connectivity index (χ1v) is 13.2. The molecule has 2 aliphatic heterocycles. The average molecular weight is 467 g/mol. The fraction of sp³-hybridized carbons (Fsp3) is 0.679. The molecule has 1 spiro atoms. The van der Waals surface area contributed by atoms with Gasteiger partial charge in [-0.05, 0) is 74.6 Å². The molecule has 2 N–H and O–H groups in total. The zero-order valence-corrected chi connectivity index (χ0v) is 20.7. The van der Waals surface area contributed by atoms with Crippen LogP contribution in [-0.4, -0.2) is 69.8 Å². The molecule has 1 aromatic carbocycles. The smallest absolute Gasteiger partial charge is 0.246 e. The second kappa shape index (κ2) is 7.72. The fourth-order valence-electron chi connectivity index (χ4n) is 7.52. The van der Waals surface area contributed by atoms with Crippen LogP contribution >= 0.6 is 0 Å². The van der Waals surface area contributed by atoms with Crippen LogP contribution in [0.3, 0.4) is 0 Å². The van der Waals surface area contributed by atoms with E-state index in [1.165, 1.54) is 18.4 Å². The fourth-order valence-corrected chi connectivity index (χ4v) is 7.52. The molecule has 6 heteroatoms. The first-order valence-electron chi connectivity index (χ1n) is 13.2. The molecule has 6 atom stereocenters. The van der Waals surface area contributed by atoms with E-state index in [2.05, 4.69) is 18.7 Å². The first kappa shape index (κ1) is 22.4. The Morgan fingerprint density at radius 2 is 2.12 bits per heavy atom. The summed E-state index contributed by atoms with van der Waals surface area (Å²) in [6.07, 6.45) is 9.84. The molecule has 6 rings (SSSR count). The lowest BCUT2D eigenvalue weighted by Gasteiger charge is -2.64. The number of likely N-dealkylation sites (N-methyl/N-ethyl adjacent to an activating group) is 1. The molecule has 3 aliphatic carbocycles. The van der Waals surface area contributed by atoms with Gasteiger partial charge in [-0.1, -0.05) is 32.4 Å². The zero-order valence-electron chi connectivity index (χ0n) is 20.7. The van der Waals surface area contributed by atoms with Crippen molar-refractivity contribution in [1.82, 2.24) is 9.80 Å². The second-order valence-electron chi connectivity index (χ2n) is 11.6. The number of aliphatic hydroxyl groups is 1. The number of hydrogen-bond acceptors (Lipinski definition) is 5. The van der Waals surface area contributed by atoms with E-state index in [1.54, 1.807) is 12.1 Å². The molecule has 5 aliphatic rings. The normalized spacial score (nSPS) is 36.8. The van der Waals surface area contributed by atoms with Crippen molar-refractivity contribution in [3.8, 4) is 11.5 Å². The summed E-state index contributed by atoms with van der Waals surface area (Å²) in [5.74, 6) is 1.79. The van der Waals surface area contributed by atoms with Crippen molar-refractivity contribution in [3.63, 3.8) is 0 Å². The van der Waals surface area contributed by atoms with Crippen LogP contribution in [0.2, 0.25) is 0 Å². The number of carbonyl (C=O) groups excluding carboxylic acids is 1. The van der Waals surface area contributed by atoms with E-state index in [9.17, 15) is 15.0 Å². The summed E-state index contributed by atoms with van der Waals surface area (Å²) in [6.45, 7) is 6.22. The van der Waals surface area contributed by atoms with Gasteiger partial charge < -0.3 is 19.8 Å². The van der Waals surface area contributed by atoms with Gasteiger partial charge in [0.05, 0.1) is 17.1 Å². The molecule has 0 radical (unpaired) electrons. The van der Waals surface area contributed by atoms with Crippen molar-refractivity contribution in [2.24, 2.45) is 11.8 Å². The Balaban J connectivity index is 1.40. The van der Waals surface area contributed by atoms with Crippen LogP contribution in [-0.2, 0) is 16.6 Å². The minimum atomic E-state index is -0.913. The molecule has 6 nitrogen and oxygen atoms in total. The summed E-state index contributed by atoms with van der Waals surface area (Å²) in [4.78, 5) is 17.5. The number of ether oxygens (including phenoxy) is 1. The Labute approximate surface area is 202 Å². The molecule has 1 saturated heterocycles. The number of aromatic hydroxyl groups is 1. The lowest BCUT2D eigenvalue weighted by molar-refractivity contribution is -0.200. The van der Waals surface area contributed by atoms with Crippen molar-refractivity contribution < 1.29 is 19.7 Å². The molecule has 184 valence electrons. The number of allylic oxidation sites excluding steroid dienone is 1. The Bertz CT molecular complexity index is 1040. The van der Waals surface area contributed by atoms with Crippen LogP contribution in [0.25, 0.3) is 0 Å². The topological polar surface area (TPSA) is 73.2 Å². The van der Waals surface area contributed by atoms with E-state index >= 15 is 0 Å². The number of hydrogen-bond donors (Lipinski definition) is 2. The van der Waals surface area contributed by atoms with Crippen LogP contribution in [0.4, 0.5) is 0 Å². The maximum absolute atomic E-state index is 13.1. The third-order valence-electron chi connectivity index (χ3n) is 9.79. The van der Waals surface area contributed by atoms with E-state index in [0.29, 0.717) is 24.5 Å². The number of benzene rings is 1. The highest BCUT2D eigenvalue weighted by Gasteiger charge is 2.73. The number of phenols is 1. The molecule has 34 heavy (non-hydrogen) atoms. The molecular formula is C28H38N2O4. The Kier molecular flexibility index (Phi) is 5.09. The van der Waals surface area contributed by atoms with Crippen LogP contribution in [0.5, 0.6) is 11.5 Å². The molecule has 1 aromatic rings. The van der Waals surface area contributed by atoms with Gasteiger partial charge in [-0.15, -0.1) is 0 Å². The minimum Gasteiger partial charge on any atom is -0.504 e. The van der Waals surface area contributed by atoms with Gasteiger partial charge in [-0.25, -0.2) is 0 Å². The molecule has 2 saturated carbocycles. The zero-order chi connectivity index (χ0) is 23.8. The van der Waals surface area contributed by atoms with E-state index < -0.39 is 11.0 Å². The van der Waals surface area contributed by atoms with Crippen molar-refractivity contribution >= 4 is 5.91 Å². The van der Waals surface area contributed by atoms with Crippen molar-refractivity contribution in [1.29, 1.82) is 0 Å². The molecule has 3 unspecified atom stereocenters. The van der Waals surface area contributed by atoms with Gasteiger partial charge in [-0.2, -0.15) is 0 Å². The van der Waals surface area contributed by atoms with Crippen molar-refractivity contribution in [2.45, 2.75) is 88.0 Å². The number of amides is 1. The number of rotatable bonds is 6. The number of nitrogens with zero attached hydrogens (tertiary/aromatic N) is 2. The lowest BCUT2D eigenvalue weighted by Crippen LogP contribution is -2.78. The van der Waals surface area contributed by atoms with Gasteiger partial charge in [0.25, 0.3) is 0 Å². The monoisotopic (exact) mass is 466 g/mol. The SMILES string of the molecule is CCC(C)C=CC(=O)N(C)C1CC[C@@]2(O)[C@H]3Cc4ccc(O)c5c4[C@@]2(CCN3CC2CC2)C1O5. The predicted molar refractivity (Wildman–Crippen MR) is 130 cm³/mol. The van der Waals surface area contributed by atoms with Gasteiger partial charge in [0.2, 0.25) is 5.91 Å². The summed E-state index contributed by atoms with van der Waals surface area (Å²) in [5, 5.41) is 23.3. The summed E-state index contributed by atoms with van der Waals surface area (Å²) < 4.78 is 6.59. The number of carbonyl (C=O) groups is 1. The highest BCUT2D eigenvalue weighted by molar-refractivity contribution is 5.87. The van der Waals surface area contributed by atoms with Crippen molar-refractivity contribution in [2.75, 3.05) is 20.1 Å². The van der Waals surface area contributed by atoms with Gasteiger partial charge in [-0.3, -0.25) is 9.69 Å². The van der Waals surface area contributed by atoms with Crippen LogP contribution < -0.4 is 4.74 Å². The van der Waals surface area contributed by atoms with Crippen LogP contribution in [0.1, 0.15) is 63.5 Å². The van der Waals surface area contributed by atoms with Gasteiger partial charge in [0, 0.05) is 25.2 Å². The maximum atomic E-state index is 13.1. The van der Waals surface area contributed by atoms with E-state index in [4.69, 9.17) is 4.74 Å². The third-order valence-corrected chi connectivity index (χ3v) is 9.79. The summed E-state index contributed by atoms with van der Waals surface area (Å²) in [5.41, 5.74) is 0.709. The summed E-state index contributed by atoms with van der Waals surface area (Å²) >= 11 is 0. The number of likely N-dealkylation sites (tertiary alicyclic amines) is 1. The van der Waals surface area contributed by atoms with Gasteiger partial charge in [0.1, 0.15) is 6.10 Å². The van der Waals surface area contributed by atoms with E-state index in [0.717, 1.165) is 43.8 Å². The molecule has 0 aromatic heterocycles. The van der Waals surface area contributed by atoms with Crippen LogP contribution in [0, 0.1) is 11.8 Å². The number of piperidine rings is 1. The lowest BCUT2D eigenvalue weighted by atomic mass is 9.48. The largest absolute Gasteiger partial charge is 0.504 e. The Morgan fingerprint density at radius 1 is 1.32 bits per heavy atom. The molecule has 1 amide bonds. The third kappa shape index (κ3) is 2.97. The minimum absolute atomic E-state index is 0.0188. The Hall–Kier alpha value is -2.05. The molecule has 2 heterocycles. The van der Waals surface area contributed by atoms with Gasteiger partial charge in [0.15, 0.2) is 11.5 Å². The van der Waals surface area contributed by atoms with Crippen LogP contribution in [0.15, 0.2) is 24.3 Å². The molecule has 3 fully saturated rings. The highest BCUT2D eigenvalue weighted by Crippen LogP contribution is 2.66. The average Bonchev–Trinajstić information content (AvgIpc) is 3.57. The maximum Gasteiger partial charge on any atom is 0.246 e. The standard InChI is InChI=1S/C28H38N2O4/c1-4-17(2)5-10-23(32)29(3)20-11-12-28(33)22-15-19-8-9-21(31)25-24(19)27(28,26(20)34-25)13-14-30(22)16-18-6-7-18/h5,8-10,17-18,20,22,26,31,33H,4,6-7,11-16H2,1-3H3/t17?,20?,22-,26?,27+,28-/m1/s1. The molecule has 2 bridgehead atoms. The van der Waals surface area contributed by atoms with Gasteiger partial charge >= 0.3 is 0 Å².